The van der Waals surface area contributed by atoms with Crippen molar-refractivity contribution in [2.75, 3.05) is 5.32 Å². The smallest absolute Gasteiger partial charge is 0.292 e. The Bertz CT molecular complexity index is 482. The molecule has 0 atom stereocenters. The number of benzene rings is 1. The molecule has 0 unspecified atom stereocenters. The monoisotopic (exact) mass is 236 g/mol. The molecule has 1 N–H and O–H groups in total. The second kappa shape index (κ2) is 5.20. The highest BCUT2D eigenvalue weighted by atomic mass is 16.6. The SMILES string of the molecule is CCC(=O)C(=O)Nc1cc(C)ccc1[N+](=O)[O-]. The van der Waals surface area contributed by atoms with E-state index in [0.29, 0.717) is 0 Å². The van der Waals surface area contributed by atoms with Crippen LogP contribution in [0, 0.1) is 17.0 Å². The molecule has 0 aliphatic heterocycles. The van der Waals surface area contributed by atoms with Crippen molar-refractivity contribution in [1.82, 2.24) is 0 Å². The molecular formula is C11H12N2O4. The second-order valence-corrected chi connectivity index (χ2v) is 3.51. The zero-order valence-electron chi connectivity index (χ0n) is 9.52. The van der Waals surface area contributed by atoms with Crippen LogP contribution in [0.25, 0.3) is 0 Å². The van der Waals surface area contributed by atoms with E-state index >= 15 is 0 Å². The number of amides is 1. The zero-order valence-corrected chi connectivity index (χ0v) is 9.52. The molecule has 90 valence electrons. The number of anilines is 1. The Morgan fingerprint density at radius 1 is 1.41 bits per heavy atom. The second-order valence-electron chi connectivity index (χ2n) is 3.51. The number of carbonyl (C=O) groups excluding carboxylic acids is 2. The molecular weight excluding hydrogens is 224 g/mol. The van der Waals surface area contributed by atoms with Gasteiger partial charge in [-0.1, -0.05) is 13.0 Å². The summed E-state index contributed by atoms with van der Waals surface area (Å²) in [6, 6.07) is 4.32. The molecule has 0 aliphatic rings. The van der Waals surface area contributed by atoms with Gasteiger partial charge in [0.05, 0.1) is 4.92 Å². The topological polar surface area (TPSA) is 89.3 Å². The molecule has 1 aromatic carbocycles. The summed E-state index contributed by atoms with van der Waals surface area (Å²) in [5, 5.41) is 13.0. The molecule has 6 heteroatoms. The molecule has 0 spiro atoms. The van der Waals surface area contributed by atoms with Crippen molar-refractivity contribution in [3.8, 4) is 0 Å². The average Bonchev–Trinajstić information content (AvgIpc) is 2.27. The van der Waals surface area contributed by atoms with Crippen molar-refractivity contribution in [3.05, 3.63) is 33.9 Å². The molecule has 1 rings (SSSR count). The van der Waals surface area contributed by atoms with Crippen LogP contribution in [0.5, 0.6) is 0 Å². The number of Topliss-reactive ketones (excluding diaryl/α,β-unsaturated/α-hetero) is 1. The largest absolute Gasteiger partial charge is 0.314 e. The number of carbonyl (C=O) groups is 2. The van der Waals surface area contributed by atoms with E-state index in [9.17, 15) is 19.7 Å². The van der Waals surface area contributed by atoms with E-state index in [0.717, 1.165) is 5.56 Å². The van der Waals surface area contributed by atoms with Crippen LogP contribution >= 0.6 is 0 Å². The van der Waals surface area contributed by atoms with Gasteiger partial charge in [-0.2, -0.15) is 0 Å². The number of nitro groups is 1. The predicted octanol–water partition coefficient (Wildman–Crippen LogP) is 1.82. The van der Waals surface area contributed by atoms with E-state index in [1.165, 1.54) is 12.1 Å². The molecule has 0 aliphatic carbocycles. The summed E-state index contributed by atoms with van der Waals surface area (Å²) in [5.41, 5.74) is 0.574. The van der Waals surface area contributed by atoms with E-state index in [4.69, 9.17) is 0 Å². The molecule has 6 nitrogen and oxygen atoms in total. The number of aryl methyl sites for hydroxylation is 1. The summed E-state index contributed by atoms with van der Waals surface area (Å²) in [4.78, 5) is 32.6. The van der Waals surface area contributed by atoms with Crippen molar-refractivity contribution >= 4 is 23.1 Å². The molecule has 0 heterocycles. The van der Waals surface area contributed by atoms with Gasteiger partial charge in [0, 0.05) is 12.5 Å². The molecule has 17 heavy (non-hydrogen) atoms. The Morgan fingerprint density at radius 3 is 2.59 bits per heavy atom. The van der Waals surface area contributed by atoms with E-state index < -0.39 is 16.6 Å². The van der Waals surface area contributed by atoms with Crippen LogP contribution in [0.15, 0.2) is 18.2 Å². The molecule has 1 aromatic rings. The van der Waals surface area contributed by atoms with Crippen LogP contribution in [-0.2, 0) is 9.59 Å². The van der Waals surface area contributed by atoms with Gasteiger partial charge < -0.3 is 5.32 Å². The first-order valence-electron chi connectivity index (χ1n) is 5.05. The van der Waals surface area contributed by atoms with Gasteiger partial charge in [0.15, 0.2) is 0 Å². The van der Waals surface area contributed by atoms with Crippen molar-refractivity contribution in [2.24, 2.45) is 0 Å². The van der Waals surface area contributed by atoms with E-state index in [1.807, 2.05) is 0 Å². The maximum atomic E-state index is 11.3. The molecule has 0 saturated carbocycles. The first-order valence-corrected chi connectivity index (χ1v) is 5.05. The summed E-state index contributed by atoms with van der Waals surface area (Å²) in [6.07, 6.45) is 0.0610. The van der Waals surface area contributed by atoms with Gasteiger partial charge in [0.25, 0.3) is 11.6 Å². The van der Waals surface area contributed by atoms with Gasteiger partial charge in [0.1, 0.15) is 5.69 Å². The van der Waals surface area contributed by atoms with Crippen molar-refractivity contribution in [3.63, 3.8) is 0 Å². The van der Waals surface area contributed by atoms with Crippen molar-refractivity contribution in [1.29, 1.82) is 0 Å². The third kappa shape index (κ3) is 3.10. The van der Waals surface area contributed by atoms with Gasteiger partial charge in [-0.3, -0.25) is 19.7 Å². The number of rotatable bonds is 4. The van der Waals surface area contributed by atoms with Gasteiger partial charge in [-0.25, -0.2) is 0 Å². The normalized spacial score (nSPS) is 9.76. The van der Waals surface area contributed by atoms with Gasteiger partial charge in [0.2, 0.25) is 5.78 Å². The average molecular weight is 236 g/mol. The Hall–Kier alpha value is -2.24. The maximum absolute atomic E-state index is 11.3. The maximum Gasteiger partial charge on any atom is 0.292 e. The van der Waals surface area contributed by atoms with Crippen molar-refractivity contribution in [2.45, 2.75) is 20.3 Å². The van der Waals surface area contributed by atoms with Gasteiger partial charge in [-0.05, 0) is 18.6 Å². The van der Waals surface area contributed by atoms with E-state index in [2.05, 4.69) is 5.32 Å². The fourth-order valence-corrected chi connectivity index (χ4v) is 1.26. The van der Waals surface area contributed by atoms with Crippen LogP contribution in [0.4, 0.5) is 11.4 Å². The summed E-state index contributed by atoms with van der Waals surface area (Å²) >= 11 is 0. The molecule has 0 bridgehead atoms. The van der Waals surface area contributed by atoms with Gasteiger partial charge in [-0.15, -0.1) is 0 Å². The third-order valence-corrected chi connectivity index (χ3v) is 2.17. The minimum Gasteiger partial charge on any atom is -0.314 e. The molecule has 0 aromatic heterocycles. The molecule has 0 saturated heterocycles. The van der Waals surface area contributed by atoms with Crippen LogP contribution in [0.3, 0.4) is 0 Å². The van der Waals surface area contributed by atoms with Crippen LogP contribution in [0.2, 0.25) is 0 Å². The Morgan fingerprint density at radius 2 is 2.06 bits per heavy atom. The lowest BCUT2D eigenvalue weighted by Gasteiger charge is -2.05. The summed E-state index contributed by atoms with van der Waals surface area (Å²) < 4.78 is 0. The summed E-state index contributed by atoms with van der Waals surface area (Å²) in [6.45, 7) is 3.29. The van der Waals surface area contributed by atoms with E-state index in [-0.39, 0.29) is 17.8 Å². The molecule has 0 radical (unpaired) electrons. The van der Waals surface area contributed by atoms with Crippen molar-refractivity contribution < 1.29 is 14.5 Å². The quantitative estimate of drug-likeness (QED) is 0.490. The van der Waals surface area contributed by atoms with Gasteiger partial charge >= 0.3 is 0 Å². The standard InChI is InChI=1S/C11H12N2O4/c1-3-10(14)11(15)12-8-6-7(2)4-5-9(8)13(16)17/h4-6H,3H2,1-2H3,(H,12,15). The first kappa shape index (κ1) is 12.8. The summed E-state index contributed by atoms with van der Waals surface area (Å²) in [5.74, 6) is -1.44. The number of ketones is 1. The lowest BCUT2D eigenvalue weighted by molar-refractivity contribution is -0.383. The van der Waals surface area contributed by atoms with E-state index in [1.54, 1.807) is 19.9 Å². The Kier molecular flexibility index (Phi) is 3.92. The molecule has 1 amide bonds. The fraction of sp³-hybridized carbons (Fsp3) is 0.273. The zero-order chi connectivity index (χ0) is 13.0. The summed E-state index contributed by atoms with van der Waals surface area (Å²) in [7, 11) is 0. The number of hydrogen-bond acceptors (Lipinski definition) is 4. The Labute approximate surface area is 97.8 Å². The number of hydrogen-bond donors (Lipinski definition) is 1. The van der Waals surface area contributed by atoms with Crippen LogP contribution in [0.1, 0.15) is 18.9 Å². The number of nitrogens with one attached hydrogen (secondary N) is 1. The lowest BCUT2D eigenvalue weighted by atomic mass is 10.2. The van der Waals surface area contributed by atoms with Crippen LogP contribution in [-0.4, -0.2) is 16.6 Å². The minimum atomic E-state index is -0.832. The lowest BCUT2D eigenvalue weighted by Crippen LogP contribution is -2.22. The molecule has 0 fully saturated rings. The fourth-order valence-electron chi connectivity index (χ4n) is 1.26. The highest BCUT2D eigenvalue weighted by Gasteiger charge is 2.18. The third-order valence-electron chi connectivity index (χ3n) is 2.17. The first-order chi connectivity index (χ1) is 7.95. The number of nitrogens with zero attached hydrogens (tertiary/aromatic N) is 1. The van der Waals surface area contributed by atoms with Crippen LogP contribution < -0.4 is 5.32 Å². The minimum absolute atomic E-state index is 0.0433. The number of nitro benzene ring substituents is 1. The Balaban J connectivity index is 3.04. The predicted molar refractivity (Wildman–Crippen MR) is 61.8 cm³/mol. The highest BCUT2D eigenvalue weighted by Crippen LogP contribution is 2.25. The highest BCUT2D eigenvalue weighted by molar-refractivity contribution is 6.40.